The van der Waals surface area contributed by atoms with Gasteiger partial charge in [0.25, 0.3) is 0 Å². The highest BCUT2D eigenvalue weighted by atomic mass is 19.1. The minimum atomic E-state index is -0.305. The summed E-state index contributed by atoms with van der Waals surface area (Å²) in [6.07, 6.45) is 22.4. The van der Waals surface area contributed by atoms with E-state index in [4.69, 9.17) is 47.4 Å². The number of aryl methyl sites for hydroxylation is 11. The van der Waals surface area contributed by atoms with Crippen molar-refractivity contribution >= 4 is 83.4 Å². The predicted molar refractivity (Wildman–Crippen MR) is 583 cm³/mol. The molecule has 0 radical (unpaired) electrons. The van der Waals surface area contributed by atoms with Crippen LogP contribution in [-0.2, 0) is 103 Å². The number of carbonyl (C=O) groups excluding carboxylic acids is 5. The second-order valence-corrected chi connectivity index (χ2v) is 41.2. The van der Waals surface area contributed by atoms with Crippen molar-refractivity contribution in [1.29, 1.82) is 0 Å². The Labute approximate surface area is 868 Å². The van der Waals surface area contributed by atoms with Gasteiger partial charge in [-0.05, 0) is 421 Å². The summed E-state index contributed by atoms with van der Waals surface area (Å²) in [5.74, 6) is 7.71. The summed E-state index contributed by atoms with van der Waals surface area (Å²) in [5.41, 5.74) is 26.3. The van der Waals surface area contributed by atoms with E-state index < -0.39 is 0 Å². The zero-order valence-corrected chi connectivity index (χ0v) is 88.0. The summed E-state index contributed by atoms with van der Waals surface area (Å²) in [6.45, 7) is 28.4. The topological polar surface area (TPSA) is 257 Å². The number of hydrogen-bond donors (Lipinski definition) is 5. The van der Waals surface area contributed by atoms with Crippen LogP contribution in [0.4, 0.5) is 8.78 Å². The van der Waals surface area contributed by atoms with Crippen molar-refractivity contribution in [3.63, 3.8) is 0 Å². The summed E-state index contributed by atoms with van der Waals surface area (Å²) in [5, 5.41) is 4.38. The number of fused-ring (bicyclic) bond motifs is 5. The van der Waals surface area contributed by atoms with E-state index in [0.717, 1.165) is 222 Å². The molecule has 2 aliphatic carbocycles. The number of ketones is 5. The highest BCUT2D eigenvalue weighted by Gasteiger charge is 2.26. The number of nitrogens with one attached hydrogen (secondary N) is 5. The first-order chi connectivity index (χ1) is 71.7. The van der Waals surface area contributed by atoms with Crippen LogP contribution in [0.3, 0.4) is 0 Å². The molecular formula is C126H145F2N5O15. The smallest absolute Gasteiger partial charge is 0.151 e. The highest BCUT2D eigenvalue weighted by molar-refractivity contribution is 5.88. The quantitative estimate of drug-likeness (QED) is 0.0243. The first-order valence-corrected chi connectivity index (χ1v) is 53.3. The number of benzene rings is 10. The van der Waals surface area contributed by atoms with Crippen LogP contribution in [0.25, 0.3) is 54.5 Å². The summed E-state index contributed by atoms with van der Waals surface area (Å²) in [4.78, 5) is 72.4. The van der Waals surface area contributed by atoms with Gasteiger partial charge in [0.1, 0.15) is 102 Å². The second-order valence-electron chi connectivity index (χ2n) is 41.2. The van der Waals surface area contributed by atoms with Crippen LogP contribution in [0.5, 0.6) is 40.2 Å². The summed E-state index contributed by atoms with van der Waals surface area (Å²) >= 11 is 0. The van der Waals surface area contributed by atoms with Crippen molar-refractivity contribution < 1.29 is 80.1 Å². The van der Waals surface area contributed by atoms with Gasteiger partial charge in [-0.3, -0.25) is 0 Å². The number of halogens is 2. The number of Topliss-reactive ketones (excluding diaryl/α,β-unsaturated/α-hetero) is 5. The van der Waals surface area contributed by atoms with Gasteiger partial charge < -0.3 is 96.3 Å². The molecule has 15 aromatic rings. The molecule has 0 spiro atoms. The van der Waals surface area contributed by atoms with E-state index in [1.807, 2.05) is 66.7 Å². The fraction of sp³-hybridized carbons (Fsp3) is 0.405. The normalized spacial score (nSPS) is 14.7. The van der Waals surface area contributed by atoms with Gasteiger partial charge in [-0.2, -0.15) is 0 Å². The zero-order valence-electron chi connectivity index (χ0n) is 88.0. The number of ether oxygens (including phenoxy) is 10. The Morgan fingerprint density at radius 1 is 0.291 bits per heavy atom. The Balaban J connectivity index is 0.000000132. The van der Waals surface area contributed by atoms with Gasteiger partial charge in [-0.15, -0.1) is 0 Å². The van der Waals surface area contributed by atoms with Crippen LogP contribution in [0.2, 0.25) is 0 Å². The Morgan fingerprint density at radius 3 is 0.885 bits per heavy atom. The molecule has 22 heteroatoms. The number of hydrogen-bond acceptors (Lipinski definition) is 15. The van der Waals surface area contributed by atoms with E-state index in [9.17, 15) is 32.8 Å². The second kappa shape index (κ2) is 52.0. The van der Waals surface area contributed by atoms with Gasteiger partial charge in [0.15, 0.2) is 11.6 Å². The first kappa shape index (κ1) is 107. The van der Waals surface area contributed by atoms with Crippen molar-refractivity contribution in [1.82, 2.24) is 24.9 Å². The maximum Gasteiger partial charge on any atom is 0.151 e. The Kier molecular flexibility index (Phi) is 37.7. The van der Waals surface area contributed by atoms with Gasteiger partial charge in [-0.1, -0.05) is 66.7 Å². The van der Waals surface area contributed by atoms with Gasteiger partial charge >= 0.3 is 0 Å². The molecule has 0 amide bonds. The monoisotopic (exact) mass is 2010 g/mol. The summed E-state index contributed by atoms with van der Waals surface area (Å²) < 4.78 is 88.2. The van der Waals surface area contributed by atoms with E-state index >= 15 is 0 Å². The number of H-pyrrole nitrogens is 5. The van der Waals surface area contributed by atoms with Crippen LogP contribution in [0.1, 0.15) is 281 Å². The largest absolute Gasteiger partial charge is 0.490 e. The molecule has 10 aromatic carbocycles. The molecule has 2 saturated carbocycles. The molecule has 0 atom stereocenters. The number of aromatic nitrogens is 5. The lowest BCUT2D eigenvalue weighted by molar-refractivity contribution is -0.117. The van der Waals surface area contributed by atoms with Gasteiger partial charge in [0, 0.05) is 143 Å². The van der Waals surface area contributed by atoms with Gasteiger partial charge in [0.05, 0.1) is 23.6 Å². The van der Waals surface area contributed by atoms with Crippen LogP contribution in [0, 0.1) is 53.2 Å². The van der Waals surface area contributed by atoms with Crippen LogP contribution >= 0.6 is 0 Å². The van der Waals surface area contributed by atoms with Crippen LogP contribution in [0.15, 0.2) is 194 Å². The lowest BCUT2D eigenvalue weighted by Gasteiger charge is -2.24. The molecule has 20 rings (SSSR count). The lowest BCUT2D eigenvalue weighted by atomic mass is 9.88. The number of rotatable bonds is 37. The van der Waals surface area contributed by atoms with Crippen molar-refractivity contribution in [3.8, 4) is 40.2 Å². The average Bonchev–Trinajstić information content (AvgIpc) is 1.65. The molecule has 20 nitrogen and oxygen atoms in total. The van der Waals surface area contributed by atoms with Crippen LogP contribution < -0.4 is 33.2 Å². The summed E-state index contributed by atoms with van der Waals surface area (Å²) in [7, 11) is 0. The zero-order chi connectivity index (χ0) is 104. The Hall–Kier alpha value is -13.4. The van der Waals surface area contributed by atoms with Crippen molar-refractivity contribution in [2.45, 2.75) is 293 Å². The highest BCUT2D eigenvalue weighted by Crippen LogP contribution is 2.39. The average molecular weight is 2010 g/mol. The Morgan fingerprint density at radius 2 is 0.568 bits per heavy atom. The van der Waals surface area contributed by atoms with E-state index in [1.54, 1.807) is 32.9 Å². The Bertz CT molecular complexity index is 6750. The number of carbonyl (C=O) groups is 5. The molecule has 3 saturated heterocycles. The molecule has 0 bridgehead atoms. The third-order valence-corrected chi connectivity index (χ3v) is 29.3. The van der Waals surface area contributed by atoms with Crippen molar-refractivity contribution in [2.24, 2.45) is 0 Å². The fourth-order valence-corrected chi connectivity index (χ4v) is 20.9. The molecule has 778 valence electrons. The standard InChI is InChI=1S/C26H31NO3.2C25H28FNO3.2C25H29NO3/c1-17-14-20(9-13-26(17)30-21-6-4-5-7-21)16-29-22-10-12-25-23(15-22)19(3)24(27-25)11-8-18(2)28;1-16-13-18(4-6-21(16)19-9-11-29-12-10-19)15-30-20-5-8-23-22(14-20)25(26)24(27-23)7-3-17(2)28;1-16-13-18(8-12-24(16)30-19-5-3-4-6-19)15-29-20-9-11-22-21(14-20)25(26)23(27-22)10-7-17(2)28;2*1-17-13-19(4-7-24(17)20-9-11-28-12-10-20)16-29-23-6-8-25-21(15-23)14-22(26-25)5-3-18(2)27/h9-10,12-15,21,27H,4-8,11,16H2,1-3H3;4-6,8,13-14,19,27H,3,7,9-12,15H2,1-2H3;8-9,11-14,19,27H,3-7,10,15H2,1-2H3;2*4,6-8,13-15,20,26H,3,5,9-12,16H2,1-2H3. The molecule has 5 N–H and O–H groups in total. The molecule has 0 unspecified atom stereocenters. The van der Waals surface area contributed by atoms with E-state index in [2.05, 4.69) is 182 Å². The molecule has 5 aromatic heterocycles. The van der Waals surface area contributed by atoms with E-state index in [-0.39, 0.29) is 40.6 Å². The molecule has 5 aliphatic rings. The maximum atomic E-state index is 14.7. The lowest BCUT2D eigenvalue weighted by Crippen LogP contribution is -2.15. The SMILES string of the molecule is CC(=O)CCc1[nH]c2ccc(OCc3ccc(C4CCOCC4)c(C)c3)cc2c1F.CC(=O)CCc1[nH]c2ccc(OCc3ccc(OC4CCCC4)c(C)c3)cc2c1C.CC(=O)CCc1[nH]c2ccc(OCc3ccc(OC4CCCC4)c(C)c3)cc2c1F.CC(=O)CCc1cc2cc(OCc3ccc(C4CCOCC4)c(C)c3)ccc2[nH]1.CC(=O)CCc1cc2cc(OCc3ccc(C4CCOCC4)c(C)c3)ccc2[nH]1. The predicted octanol–water partition coefficient (Wildman–Crippen LogP) is 28.8. The first-order valence-electron chi connectivity index (χ1n) is 53.3. The number of aromatic amines is 5. The fourth-order valence-electron chi connectivity index (χ4n) is 20.9. The minimum Gasteiger partial charge on any atom is -0.490 e. The molecule has 8 heterocycles. The molecule has 5 fully saturated rings. The third-order valence-electron chi connectivity index (χ3n) is 29.3. The molecule has 3 aliphatic heterocycles. The minimum absolute atomic E-state index is 0.0482. The molecule has 148 heavy (non-hydrogen) atoms. The third kappa shape index (κ3) is 30.0. The van der Waals surface area contributed by atoms with E-state index in [0.29, 0.717) is 147 Å². The van der Waals surface area contributed by atoms with Crippen LogP contribution in [-0.4, -0.2) is 106 Å². The van der Waals surface area contributed by atoms with Gasteiger partial charge in [-0.25, -0.2) is 8.78 Å². The van der Waals surface area contributed by atoms with Crippen molar-refractivity contribution in [2.75, 3.05) is 39.6 Å². The summed E-state index contributed by atoms with van der Waals surface area (Å²) in [6, 6.07) is 65.7. The molecular weight excluding hydrogens is 1860 g/mol. The maximum absolute atomic E-state index is 14.7. The van der Waals surface area contributed by atoms with Gasteiger partial charge in [0.2, 0.25) is 0 Å². The van der Waals surface area contributed by atoms with E-state index in [1.165, 1.54) is 102 Å². The van der Waals surface area contributed by atoms with Crippen molar-refractivity contribution in [3.05, 3.63) is 312 Å².